The predicted molar refractivity (Wildman–Crippen MR) is 179 cm³/mol. The summed E-state index contributed by atoms with van der Waals surface area (Å²) in [5.41, 5.74) is 4.01. The highest BCUT2D eigenvalue weighted by Crippen LogP contribution is 2.27. The molecule has 1 aliphatic heterocycles. The Kier molecular flexibility index (Phi) is 12.5. The van der Waals surface area contributed by atoms with Gasteiger partial charge in [-0.25, -0.2) is 0 Å². The summed E-state index contributed by atoms with van der Waals surface area (Å²) in [5.74, 6) is -1.02. The zero-order valence-electron chi connectivity index (χ0n) is 27.0. The molecule has 2 heterocycles. The standard InChI is InChI=1S/C35H47N7O4/c1-5-10-27-23-42(22-24(27)3)20-19-36-33(44)29(39-31(43)6-2)21-25-13-15-28(16-14-25)38-35(46)32(26-11-8-7-9-12-26)40-34(45)30-17-18-37-41(30)4/h5,10,13-18,26,29,32H,1,3,6-9,11-12,19-23H2,2,4H3,(H,36,44)(H,38,46)(H,39,43)(H,40,45)/b27-10-/t29-,32+/m1/s1. The van der Waals surface area contributed by atoms with Crippen LogP contribution in [0.5, 0.6) is 0 Å². The summed E-state index contributed by atoms with van der Waals surface area (Å²) in [6.45, 7) is 12.2. The summed E-state index contributed by atoms with van der Waals surface area (Å²) in [5, 5.41) is 15.8. The number of aryl methyl sites for hydroxylation is 1. The van der Waals surface area contributed by atoms with Gasteiger partial charge in [0.15, 0.2) is 0 Å². The zero-order valence-corrected chi connectivity index (χ0v) is 27.0. The summed E-state index contributed by atoms with van der Waals surface area (Å²) in [4.78, 5) is 54.1. The third kappa shape index (κ3) is 9.50. The first-order valence-electron chi connectivity index (χ1n) is 16.2. The van der Waals surface area contributed by atoms with E-state index in [0.29, 0.717) is 30.9 Å². The van der Waals surface area contributed by atoms with E-state index >= 15 is 0 Å². The Morgan fingerprint density at radius 1 is 1.02 bits per heavy atom. The molecule has 0 radical (unpaired) electrons. The van der Waals surface area contributed by atoms with E-state index < -0.39 is 12.1 Å². The summed E-state index contributed by atoms with van der Waals surface area (Å²) in [6.07, 6.45) is 10.8. The van der Waals surface area contributed by atoms with Gasteiger partial charge in [0.2, 0.25) is 17.7 Å². The number of hydrogen-bond donors (Lipinski definition) is 4. The minimum Gasteiger partial charge on any atom is -0.353 e. The van der Waals surface area contributed by atoms with Crippen LogP contribution in [0.3, 0.4) is 0 Å². The Bertz CT molecular complexity index is 1440. The average molecular weight is 630 g/mol. The van der Waals surface area contributed by atoms with E-state index in [1.807, 2.05) is 18.2 Å². The van der Waals surface area contributed by atoms with Crippen LogP contribution in [0.15, 0.2) is 73.0 Å². The molecule has 4 rings (SSSR count). The molecule has 2 aliphatic rings. The lowest BCUT2D eigenvalue weighted by atomic mass is 9.83. The van der Waals surface area contributed by atoms with Crippen LogP contribution in [0, 0.1) is 5.92 Å². The van der Waals surface area contributed by atoms with Crippen LogP contribution in [0.25, 0.3) is 0 Å². The second-order valence-electron chi connectivity index (χ2n) is 12.1. The molecule has 4 amide bonds. The fourth-order valence-corrected chi connectivity index (χ4v) is 6.07. The smallest absolute Gasteiger partial charge is 0.270 e. The fourth-order valence-electron chi connectivity index (χ4n) is 6.07. The fraction of sp³-hybridized carbons (Fsp3) is 0.457. The first-order chi connectivity index (χ1) is 22.2. The van der Waals surface area contributed by atoms with Crippen LogP contribution in [-0.2, 0) is 27.9 Å². The lowest BCUT2D eigenvalue weighted by molar-refractivity contribution is -0.128. The maximum absolute atomic E-state index is 13.5. The topological polar surface area (TPSA) is 137 Å². The number of allylic oxidation sites excluding steroid dienone is 2. The van der Waals surface area contributed by atoms with Crippen molar-refractivity contribution in [3.05, 3.63) is 84.2 Å². The van der Waals surface area contributed by atoms with Crippen molar-refractivity contribution in [1.29, 1.82) is 0 Å². The molecule has 2 atom stereocenters. The first-order valence-corrected chi connectivity index (χ1v) is 16.2. The van der Waals surface area contributed by atoms with E-state index in [0.717, 1.165) is 61.9 Å². The molecule has 0 spiro atoms. The molecular weight excluding hydrogens is 582 g/mol. The molecule has 11 heteroatoms. The van der Waals surface area contributed by atoms with E-state index in [4.69, 9.17) is 0 Å². The lowest BCUT2D eigenvalue weighted by Gasteiger charge is -2.30. The number of benzene rings is 1. The van der Waals surface area contributed by atoms with Crippen molar-refractivity contribution in [2.75, 3.05) is 31.5 Å². The normalized spacial score (nSPS) is 17.7. The van der Waals surface area contributed by atoms with Gasteiger partial charge in [0, 0.05) is 58.0 Å². The SMILES string of the molecule is C=C/C=C1/CN(CCNC(=O)[C@@H](Cc2ccc(NC(=O)[C@@H](NC(=O)c3ccnn3C)C3CCCCC3)cc2)NC(=O)CC)CC1=C. The number of amides is 4. The molecule has 1 aliphatic carbocycles. The number of nitrogens with one attached hydrogen (secondary N) is 4. The maximum Gasteiger partial charge on any atom is 0.270 e. The predicted octanol–water partition coefficient (Wildman–Crippen LogP) is 3.28. The molecule has 1 aromatic heterocycles. The van der Waals surface area contributed by atoms with Crippen molar-refractivity contribution in [1.82, 2.24) is 30.6 Å². The van der Waals surface area contributed by atoms with Gasteiger partial charge in [-0.15, -0.1) is 0 Å². The number of carbonyl (C=O) groups is 4. The minimum absolute atomic E-state index is 0.0431. The third-order valence-electron chi connectivity index (χ3n) is 8.69. The van der Waals surface area contributed by atoms with Gasteiger partial charge in [-0.05, 0) is 53.7 Å². The van der Waals surface area contributed by atoms with E-state index in [-0.39, 0.29) is 36.0 Å². The van der Waals surface area contributed by atoms with E-state index in [1.54, 1.807) is 44.4 Å². The summed E-state index contributed by atoms with van der Waals surface area (Å²) in [7, 11) is 1.69. The number of aromatic nitrogens is 2. The summed E-state index contributed by atoms with van der Waals surface area (Å²) in [6, 6.07) is 7.43. The van der Waals surface area contributed by atoms with Crippen molar-refractivity contribution >= 4 is 29.3 Å². The van der Waals surface area contributed by atoms with Crippen LogP contribution >= 0.6 is 0 Å². The number of nitrogens with zero attached hydrogens (tertiary/aromatic N) is 3. The minimum atomic E-state index is -0.740. The highest BCUT2D eigenvalue weighted by molar-refractivity contribution is 6.00. The molecular formula is C35H47N7O4. The molecule has 1 aromatic carbocycles. The third-order valence-corrected chi connectivity index (χ3v) is 8.69. The number of hydrogen-bond acceptors (Lipinski definition) is 6. The van der Waals surface area contributed by atoms with Gasteiger partial charge < -0.3 is 21.3 Å². The Hall–Kier alpha value is -4.51. The Balaban J connectivity index is 1.36. The van der Waals surface area contributed by atoms with Gasteiger partial charge in [-0.3, -0.25) is 28.8 Å². The highest BCUT2D eigenvalue weighted by atomic mass is 16.2. The van der Waals surface area contributed by atoms with Crippen LogP contribution in [0.1, 0.15) is 61.5 Å². The van der Waals surface area contributed by atoms with Crippen LogP contribution in [0.2, 0.25) is 0 Å². The van der Waals surface area contributed by atoms with E-state index in [2.05, 4.69) is 44.4 Å². The Morgan fingerprint density at radius 3 is 2.41 bits per heavy atom. The van der Waals surface area contributed by atoms with Gasteiger partial charge >= 0.3 is 0 Å². The van der Waals surface area contributed by atoms with Crippen molar-refractivity contribution < 1.29 is 19.2 Å². The second kappa shape index (κ2) is 16.7. The molecule has 0 bridgehead atoms. The molecule has 1 saturated heterocycles. The van der Waals surface area contributed by atoms with E-state index in [9.17, 15) is 19.2 Å². The molecule has 11 nitrogen and oxygen atoms in total. The molecule has 4 N–H and O–H groups in total. The molecule has 0 unspecified atom stereocenters. The molecule has 246 valence electrons. The lowest BCUT2D eigenvalue weighted by Crippen LogP contribution is -2.49. The van der Waals surface area contributed by atoms with Crippen LogP contribution in [0.4, 0.5) is 5.69 Å². The molecule has 2 aromatic rings. The average Bonchev–Trinajstić information content (AvgIpc) is 3.64. The number of anilines is 1. The monoisotopic (exact) mass is 629 g/mol. The van der Waals surface area contributed by atoms with E-state index in [1.165, 1.54) is 4.68 Å². The van der Waals surface area contributed by atoms with Crippen LogP contribution < -0.4 is 21.3 Å². The first kappa shape index (κ1) is 34.4. The quantitative estimate of drug-likeness (QED) is 0.253. The van der Waals surface area contributed by atoms with Gasteiger partial charge in [0.1, 0.15) is 17.8 Å². The van der Waals surface area contributed by atoms with Crippen molar-refractivity contribution in [3.63, 3.8) is 0 Å². The van der Waals surface area contributed by atoms with Crippen LogP contribution in [-0.4, -0.2) is 76.6 Å². The van der Waals surface area contributed by atoms with Gasteiger partial charge in [-0.2, -0.15) is 5.10 Å². The number of carbonyl (C=O) groups excluding carboxylic acids is 4. The van der Waals surface area contributed by atoms with Crippen molar-refractivity contribution in [2.24, 2.45) is 13.0 Å². The molecule has 46 heavy (non-hydrogen) atoms. The number of rotatable bonds is 14. The van der Waals surface area contributed by atoms with Gasteiger partial charge in [-0.1, -0.05) is 63.6 Å². The zero-order chi connectivity index (χ0) is 33.1. The second-order valence-corrected chi connectivity index (χ2v) is 12.1. The van der Waals surface area contributed by atoms with Crippen molar-refractivity contribution in [3.8, 4) is 0 Å². The largest absolute Gasteiger partial charge is 0.353 e. The summed E-state index contributed by atoms with van der Waals surface area (Å²) >= 11 is 0. The van der Waals surface area contributed by atoms with Crippen molar-refractivity contribution in [2.45, 2.75) is 64.0 Å². The number of likely N-dealkylation sites (tertiary alicyclic amines) is 1. The maximum atomic E-state index is 13.5. The van der Waals surface area contributed by atoms with Gasteiger partial charge in [0.05, 0.1) is 0 Å². The van der Waals surface area contributed by atoms with Gasteiger partial charge in [0.25, 0.3) is 5.91 Å². The highest BCUT2D eigenvalue weighted by Gasteiger charge is 2.32. The Labute approximate surface area is 271 Å². The molecule has 1 saturated carbocycles. The molecule has 2 fully saturated rings. The summed E-state index contributed by atoms with van der Waals surface area (Å²) < 4.78 is 1.49. The Morgan fingerprint density at radius 2 is 1.76 bits per heavy atom.